The number of nitrogens with one attached hydrogen (secondary N) is 3. The quantitative estimate of drug-likeness (QED) is 0.452. The monoisotopic (exact) mass is 256 g/mol. The standard InChI is InChI=1S/C13H28N4O/c1-5-9-15-13(14-7-3)16-10-8-12(18)17-11(4)6-2/h11H,5-10H2,1-4H3,(H,17,18)(H2,14,15,16). The summed E-state index contributed by atoms with van der Waals surface area (Å²) in [6.45, 7) is 10.4. The average Bonchev–Trinajstić information content (AvgIpc) is 2.35. The largest absolute Gasteiger partial charge is 0.357 e. The molecule has 18 heavy (non-hydrogen) atoms. The number of guanidine groups is 1. The minimum Gasteiger partial charge on any atom is -0.357 e. The highest BCUT2D eigenvalue weighted by atomic mass is 16.1. The highest BCUT2D eigenvalue weighted by Crippen LogP contribution is 1.89. The Morgan fingerprint density at radius 3 is 2.50 bits per heavy atom. The van der Waals surface area contributed by atoms with Crippen molar-refractivity contribution < 1.29 is 4.79 Å². The molecule has 1 atom stereocenters. The zero-order chi connectivity index (χ0) is 13.8. The second-order valence-electron chi connectivity index (χ2n) is 4.31. The molecule has 1 unspecified atom stereocenters. The van der Waals surface area contributed by atoms with E-state index in [4.69, 9.17) is 0 Å². The summed E-state index contributed by atoms with van der Waals surface area (Å²) >= 11 is 0. The fourth-order valence-corrected chi connectivity index (χ4v) is 1.31. The van der Waals surface area contributed by atoms with Crippen molar-refractivity contribution in [3.8, 4) is 0 Å². The lowest BCUT2D eigenvalue weighted by Crippen LogP contribution is -2.40. The molecular weight excluding hydrogens is 228 g/mol. The lowest BCUT2D eigenvalue weighted by molar-refractivity contribution is -0.121. The summed E-state index contributed by atoms with van der Waals surface area (Å²) in [4.78, 5) is 15.9. The molecule has 0 fully saturated rings. The van der Waals surface area contributed by atoms with Crippen LogP contribution in [0.15, 0.2) is 4.99 Å². The summed E-state index contributed by atoms with van der Waals surface area (Å²) in [6, 6.07) is 0.250. The van der Waals surface area contributed by atoms with Gasteiger partial charge >= 0.3 is 0 Å². The van der Waals surface area contributed by atoms with Gasteiger partial charge in [-0.05, 0) is 26.7 Å². The van der Waals surface area contributed by atoms with E-state index in [1.54, 1.807) is 0 Å². The summed E-state index contributed by atoms with van der Waals surface area (Å²) in [7, 11) is 0. The molecule has 0 aliphatic rings. The topological polar surface area (TPSA) is 65.5 Å². The third-order valence-electron chi connectivity index (χ3n) is 2.50. The Morgan fingerprint density at radius 1 is 1.22 bits per heavy atom. The van der Waals surface area contributed by atoms with Crippen LogP contribution in [0.2, 0.25) is 0 Å². The number of rotatable bonds is 8. The molecule has 0 radical (unpaired) electrons. The number of nitrogens with zero attached hydrogens (tertiary/aromatic N) is 1. The van der Waals surface area contributed by atoms with Crippen molar-refractivity contribution in [2.45, 2.75) is 53.0 Å². The first-order chi connectivity index (χ1) is 8.63. The van der Waals surface area contributed by atoms with Crippen LogP contribution in [-0.2, 0) is 4.79 Å². The van der Waals surface area contributed by atoms with Crippen LogP contribution in [0.5, 0.6) is 0 Å². The molecule has 0 aromatic carbocycles. The van der Waals surface area contributed by atoms with Crippen LogP contribution in [0.25, 0.3) is 0 Å². The van der Waals surface area contributed by atoms with Gasteiger partial charge in [-0.1, -0.05) is 13.8 Å². The molecule has 0 bridgehead atoms. The third-order valence-corrected chi connectivity index (χ3v) is 2.50. The first kappa shape index (κ1) is 16.7. The molecule has 0 aliphatic carbocycles. The second kappa shape index (κ2) is 10.9. The fraction of sp³-hybridized carbons (Fsp3) is 0.846. The molecule has 0 aromatic rings. The molecule has 106 valence electrons. The molecule has 0 saturated carbocycles. The average molecular weight is 256 g/mol. The summed E-state index contributed by atoms with van der Waals surface area (Å²) in [6.07, 6.45) is 2.45. The van der Waals surface area contributed by atoms with Gasteiger partial charge in [0.1, 0.15) is 0 Å². The van der Waals surface area contributed by atoms with E-state index in [0.717, 1.165) is 31.9 Å². The molecule has 0 aliphatic heterocycles. The van der Waals surface area contributed by atoms with Gasteiger partial charge in [0.25, 0.3) is 0 Å². The molecule has 0 spiro atoms. The first-order valence-electron chi connectivity index (χ1n) is 6.95. The van der Waals surface area contributed by atoms with Crippen LogP contribution in [0, 0.1) is 0 Å². The van der Waals surface area contributed by atoms with Crippen molar-refractivity contribution in [2.24, 2.45) is 4.99 Å². The van der Waals surface area contributed by atoms with Gasteiger partial charge in [-0.3, -0.25) is 9.79 Å². The number of carbonyl (C=O) groups is 1. The summed E-state index contributed by atoms with van der Waals surface area (Å²) in [5, 5.41) is 9.25. The van der Waals surface area contributed by atoms with Crippen molar-refractivity contribution in [1.29, 1.82) is 0 Å². The number of aliphatic imine (C=N–C) groups is 1. The van der Waals surface area contributed by atoms with Crippen molar-refractivity contribution in [3.63, 3.8) is 0 Å². The zero-order valence-corrected chi connectivity index (χ0v) is 12.2. The Kier molecular flexibility index (Phi) is 10.1. The van der Waals surface area contributed by atoms with Crippen LogP contribution >= 0.6 is 0 Å². The van der Waals surface area contributed by atoms with Crippen LogP contribution in [0.1, 0.15) is 47.0 Å². The van der Waals surface area contributed by atoms with E-state index in [9.17, 15) is 4.79 Å². The Hall–Kier alpha value is -1.26. The Labute approximate surface area is 111 Å². The fourth-order valence-electron chi connectivity index (χ4n) is 1.31. The van der Waals surface area contributed by atoms with E-state index in [1.165, 1.54) is 0 Å². The highest BCUT2D eigenvalue weighted by Gasteiger charge is 2.05. The Morgan fingerprint density at radius 2 is 1.94 bits per heavy atom. The number of hydrogen-bond acceptors (Lipinski definition) is 2. The molecule has 3 N–H and O–H groups in total. The van der Waals surface area contributed by atoms with Crippen LogP contribution in [0.3, 0.4) is 0 Å². The van der Waals surface area contributed by atoms with E-state index < -0.39 is 0 Å². The van der Waals surface area contributed by atoms with Crippen molar-refractivity contribution in [2.75, 3.05) is 19.6 Å². The Balaban J connectivity index is 3.87. The molecule has 1 amide bonds. The van der Waals surface area contributed by atoms with Crippen molar-refractivity contribution in [3.05, 3.63) is 0 Å². The van der Waals surface area contributed by atoms with E-state index in [1.807, 2.05) is 13.8 Å². The predicted molar refractivity (Wildman–Crippen MR) is 76.8 cm³/mol. The molecule has 5 nitrogen and oxygen atoms in total. The van der Waals surface area contributed by atoms with Gasteiger partial charge in [0.05, 0.1) is 0 Å². The van der Waals surface area contributed by atoms with E-state index in [2.05, 4.69) is 34.8 Å². The number of carbonyl (C=O) groups excluding carboxylic acids is 1. The first-order valence-corrected chi connectivity index (χ1v) is 6.95. The SMILES string of the molecule is CCCN=C(NCC)NCCC(=O)NC(C)CC. The maximum atomic E-state index is 11.6. The molecule has 0 aromatic heterocycles. The predicted octanol–water partition coefficient (Wildman–Crippen LogP) is 1.26. The van der Waals surface area contributed by atoms with E-state index >= 15 is 0 Å². The van der Waals surface area contributed by atoms with Gasteiger partial charge in [-0.25, -0.2) is 0 Å². The lowest BCUT2D eigenvalue weighted by Gasteiger charge is -2.13. The van der Waals surface area contributed by atoms with Gasteiger partial charge in [-0.2, -0.15) is 0 Å². The molecule has 0 rings (SSSR count). The minimum absolute atomic E-state index is 0.0863. The summed E-state index contributed by atoms with van der Waals surface area (Å²) in [5.74, 6) is 0.874. The number of hydrogen-bond donors (Lipinski definition) is 3. The van der Waals surface area contributed by atoms with Crippen LogP contribution in [-0.4, -0.2) is 37.5 Å². The normalized spacial score (nSPS) is 13.0. The second-order valence-corrected chi connectivity index (χ2v) is 4.31. The van der Waals surface area contributed by atoms with Gasteiger partial charge in [0.15, 0.2) is 5.96 Å². The smallest absolute Gasteiger partial charge is 0.221 e. The van der Waals surface area contributed by atoms with Crippen LogP contribution < -0.4 is 16.0 Å². The molecule has 0 saturated heterocycles. The summed E-state index contributed by atoms with van der Waals surface area (Å²) in [5.41, 5.74) is 0. The molecule has 5 heteroatoms. The minimum atomic E-state index is 0.0863. The van der Waals surface area contributed by atoms with Gasteiger partial charge in [0, 0.05) is 32.1 Å². The zero-order valence-electron chi connectivity index (χ0n) is 12.2. The van der Waals surface area contributed by atoms with Crippen LogP contribution in [0.4, 0.5) is 0 Å². The van der Waals surface area contributed by atoms with E-state index in [-0.39, 0.29) is 11.9 Å². The Bertz CT molecular complexity index is 253. The highest BCUT2D eigenvalue weighted by molar-refractivity contribution is 5.81. The third kappa shape index (κ3) is 8.84. The van der Waals surface area contributed by atoms with Gasteiger partial charge < -0.3 is 16.0 Å². The van der Waals surface area contributed by atoms with Crippen molar-refractivity contribution >= 4 is 11.9 Å². The van der Waals surface area contributed by atoms with Crippen molar-refractivity contribution in [1.82, 2.24) is 16.0 Å². The van der Waals surface area contributed by atoms with E-state index in [0.29, 0.717) is 13.0 Å². The maximum absolute atomic E-state index is 11.6. The molecular formula is C13H28N4O. The van der Waals surface area contributed by atoms with Gasteiger partial charge in [-0.15, -0.1) is 0 Å². The lowest BCUT2D eigenvalue weighted by atomic mass is 10.2. The molecule has 0 heterocycles. The maximum Gasteiger partial charge on any atom is 0.221 e. The summed E-state index contributed by atoms with van der Waals surface area (Å²) < 4.78 is 0. The van der Waals surface area contributed by atoms with Gasteiger partial charge in [0.2, 0.25) is 5.91 Å². The number of amides is 1.